The third kappa shape index (κ3) is 4.78. The molecule has 3 aromatic rings. The van der Waals surface area contributed by atoms with Gasteiger partial charge >= 0.3 is 0 Å². The van der Waals surface area contributed by atoms with Crippen LogP contribution in [0.3, 0.4) is 0 Å². The van der Waals surface area contributed by atoms with Gasteiger partial charge in [0.2, 0.25) is 0 Å². The number of rotatable bonds is 3. The molecule has 27 heavy (non-hydrogen) atoms. The molecule has 1 aliphatic rings. The molecule has 2 N–H and O–H groups in total. The van der Waals surface area contributed by atoms with Crippen LogP contribution >= 0.6 is 24.8 Å². The highest BCUT2D eigenvalue weighted by atomic mass is 35.5. The van der Waals surface area contributed by atoms with Crippen LogP contribution in [0.25, 0.3) is 22.2 Å². The van der Waals surface area contributed by atoms with Crippen molar-refractivity contribution in [2.24, 2.45) is 0 Å². The summed E-state index contributed by atoms with van der Waals surface area (Å²) in [5.74, 6) is -0.0988. The van der Waals surface area contributed by atoms with E-state index in [9.17, 15) is 4.79 Å². The molecule has 0 radical (unpaired) electrons. The Balaban J connectivity index is 0.00000131. The van der Waals surface area contributed by atoms with Crippen molar-refractivity contribution in [1.29, 1.82) is 0 Å². The summed E-state index contributed by atoms with van der Waals surface area (Å²) in [5, 5.41) is 7.20. The van der Waals surface area contributed by atoms with Crippen molar-refractivity contribution in [2.45, 2.75) is 6.04 Å². The highest BCUT2D eigenvalue weighted by Gasteiger charge is 2.16. The predicted molar refractivity (Wildman–Crippen MR) is 109 cm³/mol. The van der Waals surface area contributed by atoms with Gasteiger partial charge in [-0.3, -0.25) is 9.78 Å². The molecular formula is C19H21Cl2N3O3. The van der Waals surface area contributed by atoms with Gasteiger partial charge in [0.25, 0.3) is 5.91 Å². The molecular weight excluding hydrogens is 389 g/mol. The van der Waals surface area contributed by atoms with E-state index in [2.05, 4.69) is 15.6 Å². The second-order valence-corrected chi connectivity index (χ2v) is 6.02. The van der Waals surface area contributed by atoms with E-state index in [0.717, 1.165) is 35.3 Å². The molecule has 144 valence electrons. The molecule has 0 aliphatic carbocycles. The van der Waals surface area contributed by atoms with E-state index < -0.39 is 0 Å². The fourth-order valence-corrected chi connectivity index (χ4v) is 2.97. The first kappa shape index (κ1) is 21.2. The van der Waals surface area contributed by atoms with E-state index >= 15 is 0 Å². The number of nitrogens with zero attached hydrogens (tertiary/aromatic N) is 1. The maximum absolute atomic E-state index is 12.4. The van der Waals surface area contributed by atoms with Gasteiger partial charge < -0.3 is 19.8 Å². The van der Waals surface area contributed by atoms with Crippen molar-refractivity contribution in [3.63, 3.8) is 0 Å². The van der Waals surface area contributed by atoms with Crippen LogP contribution in [0.2, 0.25) is 0 Å². The Labute approximate surface area is 169 Å². The minimum absolute atomic E-state index is 0. The Morgan fingerprint density at radius 1 is 1.15 bits per heavy atom. The van der Waals surface area contributed by atoms with Crippen LogP contribution in [0.1, 0.15) is 10.4 Å². The van der Waals surface area contributed by atoms with Crippen molar-refractivity contribution in [1.82, 2.24) is 15.6 Å². The van der Waals surface area contributed by atoms with Crippen molar-refractivity contribution in [3.05, 3.63) is 54.4 Å². The number of fused-ring (bicyclic) bond motifs is 1. The third-order valence-electron chi connectivity index (χ3n) is 4.27. The normalized spacial score (nSPS) is 16.7. The first-order valence-electron chi connectivity index (χ1n) is 8.33. The lowest BCUT2D eigenvalue weighted by Gasteiger charge is -2.16. The minimum atomic E-state index is -0.0988. The quantitative estimate of drug-likeness (QED) is 0.694. The fraction of sp³-hybridized carbons (Fsp3) is 0.263. The van der Waals surface area contributed by atoms with Gasteiger partial charge in [0.05, 0.1) is 31.2 Å². The number of carbonyl (C=O) groups excluding carboxylic acids is 1. The van der Waals surface area contributed by atoms with Crippen LogP contribution in [-0.2, 0) is 4.74 Å². The van der Waals surface area contributed by atoms with E-state index in [1.54, 1.807) is 12.5 Å². The Hall–Kier alpha value is -2.12. The van der Waals surface area contributed by atoms with E-state index in [0.29, 0.717) is 18.8 Å². The Morgan fingerprint density at radius 3 is 2.78 bits per heavy atom. The number of halogens is 2. The molecule has 1 aliphatic heterocycles. The van der Waals surface area contributed by atoms with E-state index in [1.165, 1.54) is 0 Å². The molecule has 1 saturated heterocycles. The number of hydrogen-bond donors (Lipinski definition) is 2. The summed E-state index contributed by atoms with van der Waals surface area (Å²) in [5.41, 5.74) is 3.21. The Kier molecular flexibility index (Phi) is 7.62. The van der Waals surface area contributed by atoms with Crippen LogP contribution in [0.4, 0.5) is 0 Å². The largest absolute Gasteiger partial charge is 0.464 e. The van der Waals surface area contributed by atoms with Crippen molar-refractivity contribution in [3.8, 4) is 11.3 Å². The van der Waals surface area contributed by atoms with E-state index in [-0.39, 0.29) is 36.8 Å². The van der Waals surface area contributed by atoms with Crippen LogP contribution < -0.4 is 10.6 Å². The summed E-state index contributed by atoms with van der Waals surface area (Å²) in [4.78, 5) is 16.9. The summed E-state index contributed by atoms with van der Waals surface area (Å²) in [6.45, 7) is 2.74. The summed E-state index contributed by atoms with van der Waals surface area (Å²) in [7, 11) is 0. The van der Waals surface area contributed by atoms with Gasteiger partial charge in [-0.2, -0.15) is 0 Å². The lowest BCUT2D eigenvalue weighted by atomic mass is 10.1. The van der Waals surface area contributed by atoms with Crippen LogP contribution in [-0.4, -0.2) is 43.2 Å². The van der Waals surface area contributed by atoms with Crippen LogP contribution in [0, 0.1) is 0 Å². The number of nitrogens with one attached hydrogen (secondary N) is 2. The van der Waals surface area contributed by atoms with Gasteiger partial charge in [-0.25, -0.2) is 0 Å². The number of benzene rings is 1. The maximum atomic E-state index is 12.4. The average Bonchev–Trinajstić information content (AvgIpc) is 2.99. The monoisotopic (exact) mass is 409 g/mol. The fourth-order valence-electron chi connectivity index (χ4n) is 2.97. The standard InChI is InChI=1S/C19H19N3O3.2ClH/c23-19(22-15-11-20-8-10-24-12-15)14-3-1-13(2-4-14)18-16-6-9-25-17(16)5-7-21-18;;/h1-7,9,15,20H,8,10-12H2,(H,22,23);2*1H. The summed E-state index contributed by atoms with van der Waals surface area (Å²) in [6, 6.07) is 11.2. The number of hydrogen-bond acceptors (Lipinski definition) is 5. The molecule has 0 saturated carbocycles. The SMILES string of the molecule is Cl.Cl.O=C(NC1CNCCOC1)c1ccc(-c2nccc3occc23)cc1. The number of amides is 1. The number of furan rings is 1. The molecule has 1 unspecified atom stereocenters. The first-order valence-corrected chi connectivity index (χ1v) is 8.33. The molecule has 3 heterocycles. The first-order chi connectivity index (χ1) is 12.3. The number of pyridine rings is 1. The van der Waals surface area contributed by atoms with Gasteiger partial charge in [-0.15, -0.1) is 24.8 Å². The van der Waals surface area contributed by atoms with Gasteiger partial charge in [0.1, 0.15) is 5.58 Å². The number of aromatic nitrogens is 1. The smallest absolute Gasteiger partial charge is 0.251 e. The summed E-state index contributed by atoms with van der Waals surface area (Å²) < 4.78 is 10.9. The molecule has 1 amide bonds. The third-order valence-corrected chi connectivity index (χ3v) is 4.27. The van der Waals surface area contributed by atoms with Crippen molar-refractivity contribution < 1.29 is 13.9 Å². The highest BCUT2D eigenvalue weighted by Crippen LogP contribution is 2.27. The van der Waals surface area contributed by atoms with Gasteiger partial charge in [0, 0.05) is 35.8 Å². The summed E-state index contributed by atoms with van der Waals surface area (Å²) >= 11 is 0. The maximum Gasteiger partial charge on any atom is 0.251 e. The molecule has 0 spiro atoms. The molecule has 1 fully saturated rings. The topological polar surface area (TPSA) is 76.4 Å². The second-order valence-electron chi connectivity index (χ2n) is 6.02. The minimum Gasteiger partial charge on any atom is -0.464 e. The van der Waals surface area contributed by atoms with Gasteiger partial charge in [0.15, 0.2) is 0 Å². The Bertz CT molecular complexity index is 875. The van der Waals surface area contributed by atoms with Crippen molar-refractivity contribution >= 4 is 41.7 Å². The van der Waals surface area contributed by atoms with Gasteiger partial charge in [-0.05, 0) is 24.3 Å². The lowest BCUT2D eigenvalue weighted by Crippen LogP contribution is -2.43. The van der Waals surface area contributed by atoms with Crippen molar-refractivity contribution in [2.75, 3.05) is 26.3 Å². The van der Waals surface area contributed by atoms with E-state index in [4.69, 9.17) is 9.15 Å². The molecule has 1 atom stereocenters. The molecule has 6 nitrogen and oxygen atoms in total. The van der Waals surface area contributed by atoms with Gasteiger partial charge in [-0.1, -0.05) is 12.1 Å². The summed E-state index contributed by atoms with van der Waals surface area (Å²) in [6.07, 6.45) is 3.38. The van der Waals surface area contributed by atoms with Crippen LogP contribution in [0.15, 0.2) is 53.3 Å². The molecule has 8 heteroatoms. The van der Waals surface area contributed by atoms with E-state index in [1.807, 2.05) is 36.4 Å². The predicted octanol–water partition coefficient (Wildman–Crippen LogP) is 3.06. The molecule has 2 aromatic heterocycles. The zero-order valence-electron chi connectivity index (χ0n) is 14.5. The zero-order valence-corrected chi connectivity index (χ0v) is 16.1. The average molecular weight is 410 g/mol. The Morgan fingerprint density at radius 2 is 1.96 bits per heavy atom. The second kappa shape index (κ2) is 9.71. The highest BCUT2D eigenvalue weighted by molar-refractivity contribution is 5.96. The number of carbonyl (C=O) groups is 1. The molecule has 0 bridgehead atoms. The molecule has 1 aromatic carbocycles. The van der Waals surface area contributed by atoms with Crippen LogP contribution in [0.5, 0.6) is 0 Å². The lowest BCUT2D eigenvalue weighted by molar-refractivity contribution is 0.0884. The molecule has 4 rings (SSSR count). The zero-order chi connectivity index (χ0) is 17.1. The number of ether oxygens (including phenoxy) is 1.